The van der Waals surface area contributed by atoms with Crippen molar-refractivity contribution in [1.82, 2.24) is 5.32 Å². The molecule has 3 nitrogen and oxygen atoms in total. The molecule has 0 saturated heterocycles. The summed E-state index contributed by atoms with van der Waals surface area (Å²) in [6.07, 6.45) is 1.44. The van der Waals surface area contributed by atoms with E-state index in [-0.39, 0.29) is 16.7 Å². The van der Waals surface area contributed by atoms with Crippen LogP contribution in [0.5, 0.6) is 0 Å². The Morgan fingerprint density at radius 3 is 2.44 bits per heavy atom. The van der Waals surface area contributed by atoms with Crippen LogP contribution in [-0.4, -0.2) is 23.7 Å². The maximum atomic E-state index is 11.4. The van der Waals surface area contributed by atoms with Gasteiger partial charge in [-0.1, -0.05) is 27.7 Å². The van der Waals surface area contributed by atoms with Crippen LogP contribution in [0.4, 0.5) is 0 Å². The van der Waals surface area contributed by atoms with Gasteiger partial charge < -0.3 is 10.4 Å². The van der Waals surface area contributed by atoms with Crippen LogP contribution < -0.4 is 5.32 Å². The molecule has 0 aromatic rings. The molecule has 0 aliphatic heterocycles. The van der Waals surface area contributed by atoms with Gasteiger partial charge in [-0.05, 0) is 36.5 Å². The third-order valence-corrected chi connectivity index (χ3v) is 4.95. The van der Waals surface area contributed by atoms with Gasteiger partial charge in [0.1, 0.15) is 6.10 Å². The van der Waals surface area contributed by atoms with E-state index < -0.39 is 6.10 Å². The Balaban J connectivity index is 2.63. The summed E-state index contributed by atoms with van der Waals surface area (Å²) >= 11 is 0. The Morgan fingerprint density at radius 1 is 1.50 bits per heavy atom. The number of hydrogen-bond donors (Lipinski definition) is 2. The molecule has 1 aliphatic rings. The Hall–Kier alpha value is -0.570. The molecule has 0 spiro atoms. The quantitative estimate of drug-likeness (QED) is 0.774. The van der Waals surface area contributed by atoms with E-state index >= 15 is 0 Å². The highest BCUT2D eigenvalue weighted by molar-refractivity contribution is 5.79. The molecular formula is C13H25NO2. The molecule has 1 saturated carbocycles. The van der Waals surface area contributed by atoms with Crippen molar-refractivity contribution >= 4 is 5.91 Å². The summed E-state index contributed by atoms with van der Waals surface area (Å²) in [7, 11) is 0. The zero-order chi connectivity index (χ0) is 12.6. The lowest BCUT2D eigenvalue weighted by molar-refractivity contribution is -0.129. The number of amides is 1. The van der Waals surface area contributed by atoms with Crippen LogP contribution in [0.3, 0.4) is 0 Å². The lowest BCUT2D eigenvalue weighted by Crippen LogP contribution is -2.45. The number of rotatable bonds is 3. The first kappa shape index (κ1) is 13.5. The first-order chi connectivity index (χ1) is 7.21. The molecule has 0 heterocycles. The van der Waals surface area contributed by atoms with Gasteiger partial charge in [-0.25, -0.2) is 0 Å². The highest BCUT2D eigenvalue weighted by Gasteiger charge is 2.49. The predicted molar refractivity (Wildman–Crippen MR) is 65.0 cm³/mol. The van der Waals surface area contributed by atoms with Gasteiger partial charge in [0.2, 0.25) is 5.91 Å². The molecule has 0 aromatic carbocycles. The number of carbonyl (C=O) groups is 1. The van der Waals surface area contributed by atoms with Gasteiger partial charge in [-0.2, -0.15) is 0 Å². The van der Waals surface area contributed by atoms with Crippen molar-refractivity contribution in [2.45, 2.75) is 53.6 Å². The van der Waals surface area contributed by atoms with E-state index in [0.29, 0.717) is 12.5 Å². The van der Waals surface area contributed by atoms with E-state index in [1.165, 1.54) is 13.3 Å². The molecule has 1 amide bonds. The maximum absolute atomic E-state index is 11.4. The van der Waals surface area contributed by atoms with Crippen molar-refractivity contribution in [3.63, 3.8) is 0 Å². The fraction of sp³-hybridized carbons (Fsp3) is 0.923. The topological polar surface area (TPSA) is 49.3 Å². The van der Waals surface area contributed by atoms with E-state index in [9.17, 15) is 4.79 Å². The molecule has 2 N–H and O–H groups in total. The minimum atomic E-state index is -0.912. The fourth-order valence-electron chi connectivity index (χ4n) is 2.56. The van der Waals surface area contributed by atoms with Gasteiger partial charge in [0.25, 0.3) is 0 Å². The van der Waals surface area contributed by atoms with E-state index in [4.69, 9.17) is 5.11 Å². The molecule has 0 radical (unpaired) electrons. The van der Waals surface area contributed by atoms with Crippen LogP contribution in [0.15, 0.2) is 0 Å². The van der Waals surface area contributed by atoms with Crippen molar-refractivity contribution in [2.24, 2.45) is 16.7 Å². The zero-order valence-electron chi connectivity index (χ0n) is 11.1. The fourth-order valence-corrected chi connectivity index (χ4v) is 2.56. The molecular weight excluding hydrogens is 202 g/mol. The summed E-state index contributed by atoms with van der Waals surface area (Å²) in [6.45, 7) is 11.2. The Morgan fingerprint density at radius 2 is 2.06 bits per heavy atom. The summed E-state index contributed by atoms with van der Waals surface area (Å²) in [6, 6.07) is 0. The summed E-state index contributed by atoms with van der Waals surface area (Å²) in [5.74, 6) is 0.414. The second-order valence-corrected chi connectivity index (χ2v) is 6.12. The van der Waals surface area contributed by atoms with Crippen molar-refractivity contribution in [3.8, 4) is 0 Å². The normalized spacial score (nSPS) is 34.8. The highest BCUT2D eigenvalue weighted by Crippen LogP contribution is 2.55. The standard InChI is InChI=1S/C13H25NO2/c1-9-6-7-13(5,12(9,3)4)8-14-11(16)10(2)15/h9-10,15H,6-8H2,1-5H3,(H,14,16)/t9?,10-,13+/m0/s1. The van der Waals surface area contributed by atoms with Crippen molar-refractivity contribution < 1.29 is 9.90 Å². The Labute approximate surface area is 98.6 Å². The van der Waals surface area contributed by atoms with Gasteiger partial charge in [0.05, 0.1) is 0 Å². The third kappa shape index (κ3) is 2.24. The molecule has 1 aliphatic carbocycles. The molecule has 1 fully saturated rings. The third-order valence-electron chi connectivity index (χ3n) is 4.95. The van der Waals surface area contributed by atoms with Crippen LogP contribution in [0, 0.1) is 16.7 Å². The molecule has 0 aromatic heterocycles. The minimum Gasteiger partial charge on any atom is -0.384 e. The molecule has 16 heavy (non-hydrogen) atoms. The van der Waals surface area contributed by atoms with Crippen LogP contribution in [0.2, 0.25) is 0 Å². The lowest BCUT2D eigenvalue weighted by Gasteiger charge is -2.41. The van der Waals surface area contributed by atoms with Crippen molar-refractivity contribution in [3.05, 3.63) is 0 Å². The number of carbonyl (C=O) groups excluding carboxylic acids is 1. The van der Waals surface area contributed by atoms with E-state index in [1.54, 1.807) is 0 Å². The smallest absolute Gasteiger partial charge is 0.248 e. The van der Waals surface area contributed by atoms with E-state index in [1.807, 2.05) is 0 Å². The van der Waals surface area contributed by atoms with Crippen LogP contribution in [0.25, 0.3) is 0 Å². The Bertz CT molecular complexity index is 273. The lowest BCUT2D eigenvalue weighted by atomic mass is 9.66. The molecule has 1 unspecified atom stereocenters. The zero-order valence-corrected chi connectivity index (χ0v) is 11.1. The van der Waals surface area contributed by atoms with Crippen LogP contribution in [-0.2, 0) is 4.79 Å². The van der Waals surface area contributed by atoms with E-state index in [2.05, 4.69) is 33.0 Å². The number of aliphatic hydroxyl groups is 1. The summed E-state index contributed by atoms with van der Waals surface area (Å²) < 4.78 is 0. The van der Waals surface area contributed by atoms with Gasteiger partial charge in [0.15, 0.2) is 0 Å². The van der Waals surface area contributed by atoms with Gasteiger partial charge in [0, 0.05) is 6.54 Å². The average molecular weight is 227 g/mol. The number of hydrogen-bond acceptors (Lipinski definition) is 2. The molecule has 0 bridgehead atoms. The van der Waals surface area contributed by atoms with Gasteiger partial charge in [-0.15, -0.1) is 0 Å². The summed E-state index contributed by atoms with van der Waals surface area (Å²) in [5, 5.41) is 12.0. The molecule has 1 rings (SSSR count). The molecule has 3 heteroatoms. The maximum Gasteiger partial charge on any atom is 0.248 e. The second kappa shape index (κ2) is 4.36. The predicted octanol–water partition coefficient (Wildman–Crippen LogP) is 1.95. The minimum absolute atomic E-state index is 0.136. The average Bonchev–Trinajstić information content (AvgIpc) is 2.39. The SMILES string of the molecule is CC1CC[C@](C)(CNC(=O)[C@H](C)O)C1(C)C. The summed E-state index contributed by atoms with van der Waals surface area (Å²) in [5.41, 5.74) is 0.371. The van der Waals surface area contributed by atoms with Crippen molar-refractivity contribution in [2.75, 3.05) is 6.54 Å². The first-order valence-corrected chi connectivity index (χ1v) is 6.16. The van der Waals surface area contributed by atoms with Crippen LogP contribution >= 0.6 is 0 Å². The largest absolute Gasteiger partial charge is 0.384 e. The Kier molecular flexibility index (Phi) is 3.68. The monoisotopic (exact) mass is 227 g/mol. The summed E-state index contributed by atoms with van der Waals surface area (Å²) in [4.78, 5) is 11.4. The van der Waals surface area contributed by atoms with E-state index in [0.717, 1.165) is 6.42 Å². The number of aliphatic hydroxyl groups excluding tert-OH is 1. The van der Waals surface area contributed by atoms with Gasteiger partial charge >= 0.3 is 0 Å². The van der Waals surface area contributed by atoms with Crippen LogP contribution in [0.1, 0.15) is 47.5 Å². The second-order valence-electron chi connectivity index (χ2n) is 6.12. The van der Waals surface area contributed by atoms with Gasteiger partial charge in [-0.3, -0.25) is 4.79 Å². The first-order valence-electron chi connectivity index (χ1n) is 6.16. The van der Waals surface area contributed by atoms with Crippen molar-refractivity contribution in [1.29, 1.82) is 0 Å². The highest BCUT2D eigenvalue weighted by atomic mass is 16.3. The molecule has 94 valence electrons. The number of nitrogens with one attached hydrogen (secondary N) is 1. The molecule has 3 atom stereocenters.